The number of allylic oxidation sites excluding steroid dienone is 1. The molecule has 0 radical (unpaired) electrons. The molecule has 94 valence electrons. The number of ether oxygens (including phenoxy) is 1. The average molecular weight is 241 g/mol. The summed E-state index contributed by atoms with van der Waals surface area (Å²) in [6, 6.07) is 0. The summed E-state index contributed by atoms with van der Waals surface area (Å²) in [5.41, 5.74) is -0.601. The second kappa shape index (κ2) is 5.15. The summed E-state index contributed by atoms with van der Waals surface area (Å²) in [4.78, 5) is 33.4. The SMILES string of the molecule is CC/C(C)=C/C(=O)N(N)C1(C(=O)N=O)COC1. The number of hydrogen-bond donors (Lipinski definition) is 1. The molecule has 0 unspecified atom stereocenters. The molecule has 1 aliphatic heterocycles. The Hall–Kier alpha value is -1.60. The Morgan fingerprint density at radius 3 is 2.47 bits per heavy atom. The van der Waals surface area contributed by atoms with Crippen molar-refractivity contribution in [2.45, 2.75) is 25.8 Å². The van der Waals surface area contributed by atoms with Gasteiger partial charge in [-0.25, -0.2) is 5.84 Å². The van der Waals surface area contributed by atoms with E-state index < -0.39 is 17.4 Å². The maximum atomic E-state index is 11.7. The van der Waals surface area contributed by atoms with Crippen molar-refractivity contribution in [3.05, 3.63) is 16.6 Å². The van der Waals surface area contributed by atoms with Crippen LogP contribution in [-0.2, 0) is 14.3 Å². The maximum absolute atomic E-state index is 11.7. The first kappa shape index (κ1) is 13.5. The average Bonchev–Trinajstić information content (AvgIpc) is 2.26. The van der Waals surface area contributed by atoms with Crippen molar-refractivity contribution in [1.29, 1.82) is 0 Å². The third-order valence-electron chi connectivity index (χ3n) is 2.79. The number of nitroso groups, excluding NO2 is 1. The van der Waals surface area contributed by atoms with Gasteiger partial charge in [0.15, 0.2) is 5.54 Å². The number of hydrogen-bond acceptors (Lipinski definition) is 5. The van der Waals surface area contributed by atoms with E-state index in [0.717, 1.165) is 10.6 Å². The molecule has 0 aromatic heterocycles. The Labute approximate surface area is 98.5 Å². The van der Waals surface area contributed by atoms with Crippen LogP contribution in [0.4, 0.5) is 0 Å². The van der Waals surface area contributed by atoms with Crippen molar-refractivity contribution >= 4 is 11.8 Å². The smallest absolute Gasteiger partial charge is 0.318 e. The van der Waals surface area contributed by atoms with Crippen molar-refractivity contribution in [2.75, 3.05) is 13.2 Å². The van der Waals surface area contributed by atoms with E-state index >= 15 is 0 Å². The summed E-state index contributed by atoms with van der Waals surface area (Å²) in [7, 11) is 0. The molecule has 0 aliphatic carbocycles. The Bertz CT molecular complexity index is 374. The number of nitrogens with two attached hydrogens (primary N) is 1. The van der Waals surface area contributed by atoms with Crippen LogP contribution in [0.25, 0.3) is 0 Å². The Morgan fingerprint density at radius 2 is 2.12 bits per heavy atom. The minimum atomic E-state index is -1.43. The summed E-state index contributed by atoms with van der Waals surface area (Å²) in [5.74, 6) is 4.05. The topological polar surface area (TPSA) is 102 Å². The molecule has 1 fully saturated rings. The van der Waals surface area contributed by atoms with Gasteiger partial charge in [0.2, 0.25) is 0 Å². The van der Waals surface area contributed by atoms with E-state index in [4.69, 9.17) is 10.6 Å². The fourth-order valence-corrected chi connectivity index (χ4v) is 1.34. The van der Waals surface area contributed by atoms with E-state index in [9.17, 15) is 14.5 Å². The zero-order valence-electron chi connectivity index (χ0n) is 9.80. The number of nitrogens with zero attached hydrogens (tertiary/aromatic N) is 2. The molecule has 0 aromatic rings. The maximum Gasteiger partial charge on any atom is 0.318 e. The molecule has 2 N–H and O–H groups in total. The molecule has 1 saturated heterocycles. The lowest BCUT2D eigenvalue weighted by Gasteiger charge is -2.43. The molecular formula is C10H15N3O4. The zero-order chi connectivity index (χ0) is 13.1. The molecule has 1 heterocycles. The highest BCUT2D eigenvalue weighted by atomic mass is 16.5. The van der Waals surface area contributed by atoms with Crippen LogP contribution >= 0.6 is 0 Å². The molecule has 0 bridgehead atoms. The van der Waals surface area contributed by atoms with Crippen molar-refractivity contribution < 1.29 is 14.3 Å². The molecule has 7 nitrogen and oxygen atoms in total. The van der Waals surface area contributed by atoms with E-state index in [1.165, 1.54) is 6.08 Å². The summed E-state index contributed by atoms with van der Waals surface area (Å²) in [6.07, 6.45) is 2.03. The van der Waals surface area contributed by atoms with E-state index in [0.29, 0.717) is 6.42 Å². The Morgan fingerprint density at radius 1 is 1.53 bits per heavy atom. The van der Waals surface area contributed by atoms with Crippen LogP contribution in [0.5, 0.6) is 0 Å². The van der Waals surface area contributed by atoms with Gasteiger partial charge in [-0.2, -0.15) is 0 Å². The minimum absolute atomic E-state index is 0.0984. The van der Waals surface area contributed by atoms with Gasteiger partial charge in [0, 0.05) is 11.3 Å². The van der Waals surface area contributed by atoms with Gasteiger partial charge in [0.1, 0.15) is 0 Å². The molecule has 17 heavy (non-hydrogen) atoms. The monoisotopic (exact) mass is 241 g/mol. The number of carbonyl (C=O) groups is 2. The molecule has 0 atom stereocenters. The number of rotatable bonds is 4. The molecule has 0 aromatic carbocycles. The van der Waals surface area contributed by atoms with Crippen LogP contribution in [-0.4, -0.2) is 35.6 Å². The predicted molar refractivity (Wildman–Crippen MR) is 59.4 cm³/mol. The van der Waals surface area contributed by atoms with Crippen LogP contribution in [0.15, 0.2) is 16.8 Å². The molecule has 1 rings (SSSR count). The lowest BCUT2D eigenvalue weighted by molar-refractivity contribution is -0.175. The van der Waals surface area contributed by atoms with Crippen molar-refractivity contribution in [3.8, 4) is 0 Å². The molecule has 0 saturated carbocycles. The number of carbonyl (C=O) groups excluding carboxylic acids is 2. The van der Waals surface area contributed by atoms with Gasteiger partial charge in [0.25, 0.3) is 5.91 Å². The van der Waals surface area contributed by atoms with E-state index in [2.05, 4.69) is 5.18 Å². The van der Waals surface area contributed by atoms with E-state index in [1.807, 2.05) is 6.92 Å². The van der Waals surface area contributed by atoms with Gasteiger partial charge < -0.3 is 4.74 Å². The highest BCUT2D eigenvalue weighted by Gasteiger charge is 2.53. The van der Waals surface area contributed by atoms with Crippen molar-refractivity contribution in [1.82, 2.24) is 5.01 Å². The standard InChI is InChI=1S/C10H15N3O4/c1-3-7(2)4-8(14)13(11)10(5-17-6-10)9(15)12-16/h4H,3,5-6,11H2,1-2H3/b7-4+. The van der Waals surface area contributed by atoms with E-state index in [1.54, 1.807) is 6.92 Å². The number of hydrazine groups is 1. The van der Waals surface area contributed by atoms with Crippen LogP contribution in [0.2, 0.25) is 0 Å². The van der Waals surface area contributed by atoms with Gasteiger partial charge >= 0.3 is 5.91 Å². The zero-order valence-corrected chi connectivity index (χ0v) is 9.80. The summed E-state index contributed by atoms with van der Waals surface area (Å²) < 4.78 is 4.85. The number of amides is 2. The molecular weight excluding hydrogens is 226 g/mol. The van der Waals surface area contributed by atoms with Crippen molar-refractivity contribution in [2.24, 2.45) is 11.0 Å². The van der Waals surface area contributed by atoms with Crippen LogP contribution < -0.4 is 5.84 Å². The van der Waals surface area contributed by atoms with Crippen LogP contribution in [0.3, 0.4) is 0 Å². The summed E-state index contributed by atoms with van der Waals surface area (Å²) >= 11 is 0. The molecule has 7 heteroatoms. The Balaban J connectivity index is 2.87. The highest BCUT2D eigenvalue weighted by Crippen LogP contribution is 2.25. The van der Waals surface area contributed by atoms with Gasteiger partial charge in [0.05, 0.1) is 13.2 Å². The normalized spacial score (nSPS) is 18.2. The minimum Gasteiger partial charge on any atom is -0.375 e. The third kappa shape index (κ3) is 2.40. The third-order valence-corrected chi connectivity index (χ3v) is 2.79. The first-order chi connectivity index (χ1) is 7.97. The summed E-state index contributed by atoms with van der Waals surface area (Å²) in [5, 5.41) is 3.06. The fraction of sp³-hybridized carbons (Fsp3) is 0.600. The highest BCUT2D eigenvalue weighted by molar-refractivity contribution is 5.96. The van der Waals surface area contributed by atoms with E-state index in [-0.39, 0.29) is 13.2 Å². The first-order valence-corrected chi connectivity index (χ1v) is 5.19. The van der Waals surface area contributed by atoms with Gasteiger partial charge in [-0.3, -0.25) is 14.6 Å². The van der Waals surface area contributed by atoms with Gasteiger partial charge in [-0.1, -0.05) is 12.5 Å². The Kier molecular flexibility index (Phi) is 4.08. The quantitative estimate of drug-likeness (QED) is 0.247. The largest absolute Gasteiger partial charge is 0.375 e. The summed E-state index contributed by atoms with van der Waals surface area (Å²) in [6.45, 7) is 3.47. The van der Waals surface area contributed by atoms with Crippen molar-refractivity contribution in [3.63, 3.8) is 0 Å². The lowest BCUT2D eigenvalue weighted by Crippen LogP contribution is -2.70. The lowest BCUT2D eigenvalue weighted by atomic mass is 9.95. The van der Waals surface area contributed by atoms with Gasteiger partial charge in [-0.15, -0.1) is 4.91 Å². The molecule has 2 amide bonds. The first-order valence-electron chi connectivity index (χ1n) is 5.19. The molecule has 0 spiro atoms. The molecule has 1 aliphatic rings. The second-order valence-electron chi connectivity index (χ2n) is 3.97. The van der Waals surface area contributed by atoms with Crippen LogP contribution in [0, 0.1) is 4.91 Å². The van der Waals surface area contributed by atoms with Crippen LogP contribution in [0.1, 0.15) is 20.3 Å². The second-order valence-corrected chi connectivity index (χ2v) is 3.97. The predicted octanol–water partition coefficient (Wildman–Crippen LogP) is 0.107. The van der Waals surface area contributed by atoms with Gasteiger partial charge in [-0.05, 0) is 13.3 Å². The fourth-order valence-electron chi connectivity index (χ4n) is 1.34.